The lowest BCUT2D eigenvalue weighted by atomic mass is 10.1. The number of carbonyl (C=O) groups is 1. The zero-order valence-corrected chi connectivity index (χ0v) is 10.6. The van der Waals surface area contributed by atoms with Crippen molar-refractivity contribution in [2.24, 2.45) is 5.73 Å². The number of urea groups is 1. The van der Waals surface area contributed by atoms with Gasteiger partial charge in [-0.15, -0.1) is 0 Å². The highest BCUT2D eigenvalue weighted by molar-refractivity contribution is 7.97. The molecule has 0 aliphatic heterocycles. The van der Waals surface area contributed by atoms with Gasteiger partial charge < -0.3 is 5.73 Å². The van der Waals surface area contributed by atoms with Crippen LogP contribution in [0, 0.1) is 0 Å². The van der Waals surface area contributed by atoms with E-state index >= 15 is 0 Å². The predicted molar refractivity (Wildman–Crippen MR) is 67.8 cm³/mol. The fraction of sp³-hybridized carbons (Fsp3) is 0.909. The van der Waals surface area contributed by atoms with Crippen molar-refractivity contribution in [1.29, 1.82) is 0 Å². The van der Waals surface area contributed by atoms with Crippen molar-refractivity contribution in [2.45, 2.75) is 58.3 Å². The quantitative estimate of drug-likeness (QED) is 0.448. The smallest absolute Gasteiger partial charge is 0.322 e. The maximum absolute atomic E-state index is 10.3. The minimum absolute atomic E-state index is 0.445. The largest absolute Gasteiger partial charge is 0.351 e. The van der Waals surface area contributed by atoms with Gasteiger partial charge in [-0.2, -0.15) is 0 Å². The summed E-state index contributed by atoms with van der Waals surface area (Å²) in [7, 11) is 0. The molecule has 2 amide bonds. The van der Waals surface area contributed by atoms with E-state index in [2.05, 4.69) is 11.6 Å². The molecule has 3 N–H and O–H groups in total. The molecule has 0 rings (SSSR count). The van der Waals surface area contributed by atoms with Gasteiger partial charge in [0.1, 0.15) is 0 Å². The molecule has 0 radical (unpaired) electrons. The van der Waals surface area contributed by atoms with Gasteiger partial charge in [-0.3, -0.25) is 4.72 Å². The minimum atomic E-state index is -0.445. The van der Waals surface area contributed by atoms with Gasteiger partial charge in [-0.05, 0) is 18.4 Å². The summed E-state index contributed by atoms with van der Waals surface area (Å²) in [5.74, 6) is 0.970. The van der Waals surface area contributed by atoms with E-state index in [4.69, 9.17) is 5.73 Å². The summed E-state index contributed by atoms with van der Waals surface area (Å²) in [5.41, 5.74) is 4.93. The van der Waals surface area contributed by atoms with Crippen LogP contribution in [0.3, 0.4) is 0 Å². The van der Waals surface area contributed by atoms with E-state index in [-0.39, 0.29) is 0 Å². The van der Waals surface area contributed by atoms with Crippen LogP contribution in [0.25, 0.3) is 0 Å². The number of hydrogen-bond acceptors (Lipinski definition) is 2. The zero-order valence-electron chi connectivity index (χ0n) is 9.76. The van der Waals surface area contributed by atoms with Gasteiger partial charge in [-0.1, -0.05) is 51.9 Å². The fourth-order valence-corrected chi connectivity index (χ4v) is 2.02. The van der Waals surface area contributed by atoms with Crippen LogP contribution in [0.15, 0.2) is 0 Å². The molecule has 0 spiro atoms. The Morgan fingerprint density at radius 1 is 1.07 bits per heavy atom. The lowest BCUT2D eigenvalue weighted by Crippen LogP contribution is -2.23. The predicted octanol–water partition coefficient (Wildman–Crippen LogP) is 3.44. The van der Waals surface area contributed by atoms with Gasteiger partial charge in [0.25, 0.3) is 0 Å². The van der Waals surface area contributed by atoms with Crippen molar-refractivity contribution in [1.82, 2.24) is 4.72 Å². The Bertz CT molecular complexity index is 154. The number of unbranched alkanes of at least 4 members (excludes halogenated alkanes) is 7. The summed E-state index contributed by atoms with van der Waals surface area (Å²) in [4.78, 5) is 10.3. The average Bonchev–Trinajstić information content (AvgIpc) is 2.20. The second-order valence-corrected chi connectivity index (χ2v) is 4.69. The van der Waals surface area contributed by atoms with Gasteiger partial charge in [0.15, 0.2) is 0 Å². The van der Waals surface area contributed by atoms with Crippen LogP contribution in [0.1, 0.15) is 58.3 Å². The van der Waals surface area contributed by atoms with Crippen molar-refractivity contribution >= 4 is 18.0 Å². The number of carbonyl (C=O) groups excluding carboxylic acids is 1. The number of rotatable bonds is 10. The summed E-state index contributed by atoms with van der Waals surface area (Å²) in [6.45, 7) is 2.24. The molecule has 0 fully saturated rings. The average molecular weight is 232 g/mol. The molecular weight excluding hydrogens is 208 g/mol. The molecule has 0 aromatic rings. The van der Waals surface area contributed by atoms with Crippen LogP contribution in [0.5, 0.6) is 0 Å². The van der Waals surface area contributed by atoms with E-state index in [1.807, 2.05) is 0 Å². The minimum Gasteiger partial charge on any atom is -0.351 e. The van der Waals surface area contributed by atoms with Gasteiger partial charge in [-0.25, -0.2) is 4.79 Å². The Hall–Kier alpha value is -0.380. The molecule has 0 aromatic heterocycles. The molecular formula is C11H24N2OS. The van der Waals surface area contributed by atoms with E-state index in [0.29, 0.717) is 0 Å². The molecule has 3 nitrogen and oxygen atoms in total. The maximum atomic E-state index is 10.3. The third-order valence-electron chi connectivity index (χ3n) is 2.27. The Balaban J connectivity index is 2.89. The first-order valence-electron chi connectivity index (χ1n) is 5.94. The monoisotopic (exact) mass is 232 g/mol. The second kappa shape index (κ2) is 11.7. The number of primary amides is 1. The van der Waals surface area contributed by atoms with Gasteiger partial charge in [0, 0.05) is 5.75 Å². The van der Waals surface area contributed by atoms with E-state index in [0.717, 1.165) is 5.75 Å². The molecule has 0 unspecified atom stereocenters. The number of amides is 2. The fourth-order valence-electron chi connectivity index (χ4n) is 1.43. The summed E-state index contributed by atoms with van der Waals surface area (Å²) in [6.07, 6.45) is 10.6. The number of nitrogens with two attached hydrogens (primary N) is 1. The zero-order chi connectivity index (χ0) is 11.4. The van der Waals surface area contributed by atoms with Crippen molar-refractivity contribution in [3.05, 3.63) is 0 Å². The van der Waals surface area contributed by atoms with Crippen molar-refractivity contribution in [3.63, 3.8) is 0 Å². The summed E-state index contributed by atoms with van der Waals surface area (Å²) < 4.78 is 2.52. The van der Waals surface area contributed by atoms with E-state index in [1.54, 1.807) is 0 Å². The SMILES string of the molecule is CCCCCCCCCCSNC(N)=O. The topological polar surface area (TPSA) is 55.1 Å². The molecule has 4 heteroatoms. The maximum Gasteiger partial charge on any atom is 0.322 e. The van der Waals surface area contributed by atoms with Crippen LogP contribution >= 0.6 is 11.9 Å². The highest BCUT2D eigenvalue weighted by Crippen LogP contribution is 2.09. The molecule has 0 heterocycles. The van der Waals surface area contributed by atoms with Crippen molar-refractivity contribution < 1.29 is 4.79 Å². The number of nitrogens with one attached hydrogen (secondary N) is 1. The van der Waals surface area contributed by atoms with E-state index < -0.39 is 6.03 Å². The van der Waals surface area contributed by atoms with Crippen LogP contribution < -0.4 is 10.5 Å². The van der Waals surface area contributed by atoms with Gasteiger partial charge >= 0.3 is 6.03 Å². The molecule has 0 saturated heterocycles. The Morgan fingerprint density at radius 3 is 2.13 bits per heavy atom. The second-order valence-electron chi connectivity index (χ2n) is 3.79. The van der Waals surface area contributed by atoms with Crippen LogP contribution in [0.4, 0.5) is 4.79 Å². The standard InChI is InChI=1S/C11H24N2OS/c1-2-3-4-5-6-7-8-9-10-15-13-11(12)14/h2-10H2,1H3,(H3,12,13,14). The lowest BCUT2D eigenvalue weighted by Gasteiger charge is -2.02. The first-order valence-corrected chi connectivity index (χ1v) is 6.93. The molecule has 90 valence electrons. The normalized spacial score (nSPS) is 10.2. The van der Waals surface area contributed by atoms with Crippen molar-refractivity contribution in [3.8, 4) is 0 Å². The molecule has 15 heavy (non-hydrogen) atoms. The summed E-state index contributed by atoms with van der Waals surface area (Å²) >= 11 is 1.41. The van der Waals surface area contributed by atoms with Gasteiger partial charge in [0.05, 0.1) is 0 Å². The Kier molecular flexibility index (Phi) is 11.4. The molecule has 0 aliphatic rings. The first-order chi connectivity index (χ1) is 7.27. The third kappa shape index (κ3) is 13.6. The summed E-state index contributed by atoms with van der Waals surface area (Å²) in [6, 6.07) is -0.445. The Morgan fingerprint density at radius 2 is 1.60 bits per heavy atom. The van der Waals surface area contributed by atoms with Crippen LogP contribution in [0.2, 0.25) is 0 Å². The number of hydrogen-bond donors (Lipinski definition) is 2. The van der Waals surface area contributed by atoms with E-state index in [1.165, 1.54) is 63.3 Å². The lowest BCUT2D eigenvalue weighted by molar-refractivity contribution is 0.254. The highest BCUT2D eigenvalue weighted by Gasteiger charge is 1.93. The molecule has 0 aliphatic carbocycles. The van der Waals surface area contributed by atoms with Crippen LogP contribution in [-0.2, 0) is 0 Å². The van der Waals surface area contributed by atoms with Crippen LogP contribution in [-0.4, -0.2) is 11.8 Å². The molecule has 0 aromatic carbocycles. The molecule has 0 atom stereocenters. The summed E-state index contributed by atoms with van der Waals surface area (Å²) in [5, 5.41) is 0. The van der Waals surface area contributed by atoms with Crippen molar-refractivity contribution in [2.75, 3.05) is 5.75 Å². The first kappa shape index (κ1) is 14.6. The highest BCUT2D eigenvalue weighted by atomic mass is 32.2. The molecule has 0 saturated carbocycles. The van der Waals surface area contributed by atoms with Gasteiger partial charge in [0.2, 0.25) is 0 Å². The molecule has 0 bridgehead atoms. The Labute approximate surface area is 97.7 Å². The third-order valence-corrected chi connectivity index (χ3v) is 3.11. The van der Waals surface area contributed by atoms with E-state index in [9.17, 15) is 4.79 Å².